The van der Waals surface area contributed by atoms with Gasteiger partial charge in [0.05, 0.1) is 38.3 Å². The number of amides is 1. The predicted octanol–water partition coefficient (Wildman–Crippen LogP) is 1.93. The van der Waals surface area contributed by atoms with Gasteiger partial charge in [-0.25, -0.2) is 14.8 Å². The Balaban J connectivity index is 1.78. The average Bonchev–Trinajstić information content (AvgIpc) is 3.49. The summed E-state index contributed by atoms with van der Waals surface area (Å²) in [6.07, 6.45) is 4.73. The quantitative estimate of drug-likeness (QED) is 0.338. The molecule has 0 aliphatic carbocycles. The van der Waals surface area contributed by atoms with Gasteiger partial charge in [0.25, 0.3) is 0 Å². The fourth-order valence-corrected chi connectivity index (χ4v) is 4.24. The third-order valence-electron chi connectivity index (χ3n) is 5.93. The molecule has 35 heavy (non-hydrogen) atoms. The van der Waals surface area contributed by atoms with E-state index in [9.17, 15) is 9.59 Å². The summed E-state index contributed by atoms with van der Waals surface area (Å²) in [6, 6.07) is 4.37. The molecule has 2 aromatic heterocycles. The third kappa shape index (κ3) is 4.48. The van der Waals surface area contributed by atoms with Crippen LogP contribution < -0.4 is 15.2 Å². The van der Waals surface area contributed by atoms with E-state index in [0.717, 1.165) is 0 Å². The minimum absolute atomic E-state index is 0.257. The Hall–Kier alpha value is -4.52. The Morgan fingerprint density at radius 2 is 1.86 bits per heavy atom. The SMILES string of the molecule is C=CC(=O)N1C[C@@H](n2cc(C#Cc3cc(OC)cc(OC)c3)c3c(N)ncnc32)C[C@H]1C(=O)OC. The van der Waals surface area contributed by atoms with Gasteiger partial charge in [0.1, 0.15) is 35.3 Å². The Morgan fingerprint density at radius 1 is 1.14 bits per heavy atom. The van der Waals surface area contributed by atoms with E-state index in [1.807, 2.05) is 10.8 Å². The summed E-state index contributed by atoms with van der Waals surface area (Å²) in [4.78, 5) is 34.8. The molecule has 2 N–H and O–H groups in total. The molecule has 2 atom stereocenters. The van der Waals surface area contributed by atoms with Gasteiger partial charge < -0.3 is 29.4 Å². The van der Waals surface area contributed by atoms with Crippen molar-refractivity contribution in [1.82, 2.24) is 19.4 Å². The Labute approximate surface area is 202 Å². The van der Waals surface area contributed by atoms with Crippen molar-refractivity contribution in [2.24, 2.45) is 0 Å². The molecule has 1 amide bonds. The molecule has 1 aliphatic heterocycles. The van der Waals surface area contributed by atoms with Gasteiger partial charge in [-0.1, -0.05) is 18.4 Å². The highest BCUT2D eigenvalue weighted by Gasteiger charge is 2.41. The second kappa shape index (κ2) is 9.77. The van der Waals surface area contributed by atoms with E-state index in [-0.39, 0.29) is 24.3 Å². The molecule has 0 unspecified atom stereocenters. The molecule has 0 bridgehead atoms. The molecule has 180 valence electrons. The zero-order valence-electron chi connectivity index (χ0n) is 19.6. The lowest BCUT2D eigenvalue weighted by atomic mass is 10.1. The summed E-state index contributed by atoms with van der Waals surface area (Å²) in [6.45, 7) is 3.82. The second-order valence-corrected chi connectivity index (χ2v) is 7.88. The number of hydrogen-bond acceptors (Lipinski definition) is 8. The van der Waals surface area contributed by atoms with E-state index in [0.29, 0.717) is 40.1 Å². The number of fused-ring (bicyclic) bond motifs is 1. The van der Waals surface area contributed by atoms with Gasteiger partial charge in [0.2, 0.25) is 5.91 Å². The van der Waals surface area contributed by atoms with E-state index < -0.39 is 12.0 Å². The summed E-state index contributed by atoms with van der Waals surface area (Å²) in [5.41, 5.74) is 8.06. The molecule has 10 heteroatoms. The number of methoxy groups -OCH3 is 3. The van der Waals surface area contributed by atoms with Crippen molar-refractivity contribution in [2.45, 2.75) is 18.5 Å². The molecule has 0 spiro atoms. The monoisotopic (exact) mass is 475 g/mol. The first kappa shape index (κ1) is 23.6. The Bertz CT molecular complexity index is 1350. The molecule has 3 aromatic rings. The van der Waals surface area contributed by atoms with Crippen LogP contribution >= 0.6 is 0 Å². The van der Waals surface area contributed by atoms with E-state index in [1.165, 1.54) is 24.4 Å². The summed E-state index contributed by atoms with van der Waals surface area (Å²) in [5.74, 6) is 6.95. The Morgan fingerprint density at radius 3 is 2.49 bits per heavy atom. The van der Waals surface area contributed by atoms with Crippen LogP contribution in [0, 0.1) is 11.8 Å². The number of likely N-dealkylation sites (tertiary alicyclic amines) is 1. The van der Waals surface area contributed by atoms with Crippen LogP contribution in [0.5, 0.6) is 11.5 Å². The maximum absolute atomic E-state index is 12.4. The lowest BCUT2D eigenvalue weighted by molar-refractivity contribution is -0.149. The molecule has 1 aliphatic rings. The molecule has 1 saturated heterocycles. The first-order valence-corrected chi connectivity index (χ1v) is 10.8. The van der Waals surface area contributed by atoms with Crippen LogP contribution in [0.25, 0.3) is 11.0 Å². The van der Waals surface area contributed by atoms with Crippen LogP contribution in [0.3, 0.4) is 0 Å². The van der Waals surface area contributed by atoms with Gasteiger partial charge in [-0.05, 0) is 18.2 Å². The highest BCUT2D eigenvalue weighted by Crippen LogP contribution is 2.34. The molecular weight excluding hydrogens is 450 g/mol. The number of ether oxygens (including phenoxy) is 3. The number of rotatable bonds is 5. The van der Waals surface area contributed by atoms with Crippen LogP contribution in [-0.2, 0) is 14.3 Å². The minimum atomic E-state index is -0.731. The third-order valence-corrected chi connectivity index (χ3v) is 5.93. The topological polar surface area (TPSA) is 122 Å². The number of nitrogens with zero attached hydrogens (tertiary/aromatic N) is 4. The van der Waals surface area contributed by atoms with Gasteiger partial charge in [-0.2, -0.15) is 0 Å². The van der Waals surface area contributed by atoms with Gasteiger partial charge in [0.15, 0.2) is 0 Å². The number of carbonyl (C=O) groups is 2. The van der Waals surface area contributed by atoms with Crippen molar-refractivity contribution in [1.29, 1.82) is 0 Å². The zero-order chi connectivity index (χ0) is 25.1. The number of esters is 1. The molecular formula is C25H25N5O5. The van der Waals surface area contributed by atoms with Crippen molar-refractivity contribution < 1.29 is 23.8 Å². The van der Waals surface area contributed by atoms with Crippen LogP contribution in [0.15, 0.2) is 43.4 Å². The smallest absolute Gasteiger partial charge is 0.328 e. The van der Waals surface area contributed by atoms with Gasteiger partial charge in [-0.15, -0.1) is 0 Å². The largest absolute Gasteiger partial charge is 0.497 e. The molecule has 1 fully saturated rings. The molecule has 10 nitrogen and oxygen atoms in total. The molecule has 0 saturated carbocycles. The number of hydrogen-bond donors (Lipinski definition) is 1. The highest BCUT2D eigenvalue weighted by molar-refractivity contribution is 5.93. The van der Waals surface area contributed by atoms with Crippen molar-refractivity contribution in [3.05, 3.63) is 54.5 Å². The number of nitrogens with two attached hydrogens (primary N) is 1. The van der Waals surface area contributed by atoms with Crippen molar-refractivity contribution in [3.8, 4) is 23.3 Å². The summed E-state index contributed by atoms with van der Waals surface area (Å²) >= 11 is 0. The number of benzene rings is 1. The number of nitrogen functional groups attached to an aromatic ring is 1. The minimum Gasteiger partial charge on any atom is -0.497 e. The number of aromatic nitrogens is 3. The van der Waals surface area contributed by atoms with Gasteiger partial charge in [-0.3, -0.25) is 4.79 Å². The van der Waals surface area contributed by atoms with E-state index in [4.69, 9.17) is 19.9 Å². The van der Waals surface area contributed by atoms with E-state index >= 15 is 0 Å². The fraction of sp³-hybridized carbons (Fsp3) is 0.280. The number of anilines is 1. The van der Waals surface area contributed by atoms with Crippen LogP contribution in [0.2, 0.25) is 0 Å². The van der Waals surface area contributed by atoms with Gasteiger partial charge >= 0.3 is 5.97 Å². The summed E-state index contributed by atoms with van der Waals surface area (Å²) in [7, 11) is 4.44. The van der Waals surface area contributed by atoms with Crippen LogP contribution in [-0.4, -0.2) is 65.2 Å². The highest BCUT2D eigenvalue weighted by atomic mass is 16.5. The fourth-order valence-electron chi connectivity index (χ4n) is 4.24. The summed E-state index contributed by atoms with van der Waals surface area (Å²) < 4.78 is 17.4. The zero-order valence-corrected chi connectivity index (χ0v) is 19.6. The first-order chi connectivity index (χ1) is 16.9. The first-order valence-electron chi connectivity index (χ1n) is 10.8. The van der Waals surface area contributed by atoms with Crippen LogP contribution in [0.4, 0.5) is 5.82 Å². The Kier molecular flexibility index (Phi) is 6.59. The maximum atomic E-state index is 12.4. The van der Waals surface area contributed by atoms with E-state index in [1.54, 1.807) is 32.4 Å². The molecule has 3 heterocycles. The van der Waals surface area contributed by atoms with Crippen molar-refractivity contribution >= 4 is 28.7 Å². The van der Waals surface area contributed by atoms with Crippen LogP contribution in [0.1, 0.15) is 23.6 Å². The summed E-state index contributed by atoms with van der Waals surface area (Å²) in [5, 5.41) is 0.595. The molecule has 0 radical (unpaired) electrons. The van der Waals surface area contributed by atoms with Crippen molar-refractivity contribution in [2.75, 3.05) is 33.6 Å². The second-order valence-electron chi connectivity index (χ2n) is 7.88. The van der Waals surface area contributed by atoms with Gasteiger partial charge in [0, 0.05) is 30.8 Å². The molecule has 4 rings (SSSR count). The lowest BCUT2D eigenvalue weighted by Gasteiger charge is -2.20. The van der Waals surface area contributed by atoms with E-state index in [2.05, 4.69) is 28.4 Å². The standard InChI is InChI=1S/C25H25N5O5/c1-5-21(31)30-13-17(10-20(30)25(32)35-4)29-12-16(22-23(26)27-14-28-24(22)29)7-6-15-8-18(33-2)11-19(9-15)34-3/h5,8-9,11-12,14,17,20H,1,10,13H2,2-4H3,(H2,26,27,28)/t17-,20-/m0/s1. The normalized spacial score (nSPS) is 16.9. The van der Waals surface area contributed by atoms with Crippen molar-refractivity contribution in [3.63, 3.8) is 0 Å². The number of carbonyl (C=O) groups excluding carboxylic acids is 2. The predicted molar refractivity (Wildman–Crippen MR) is 129 cm³/mol. The lowest BCUT2D eigenvalue weighted by Crippen LogP contribution is -2.40. The average molecular weight is 476 g/mol. The molecule has 1 aromatic carbocycles. The maximum Gasteiger partial charge on any atom is 0.328 e.